The number of urea groups is 1. The molecule has 0 radical (unpaired) electrons. The molecule has 180 valence electrons. The van der Waals surface area contributed by atoms with E-state index in [9.17, 15) is 9.59 Å². The Bertz CT molecular complexity index is 1230. The van der Waals surface area contributed by atoms with Gasteiger partial charge in [-0.05, 0) is 29.7 Å². The van der Waals surface area contributed by atoms with Crippen LogP contribution in [0, 0.1) is 5.92 Å². The van der Waals surface area contributed by atoms with Crippen LogP contribution < -0.4 is 14.8 Å². The van der Waals surface area contributed by atoms with Crippen molar-refractivity contribution in [3.05, 3.63) is 94.5 Å². The molecule has 0 spiro atoms. The van der Waals surface area contributed by atoms with Gasteiger partial charge in [-0.15, -0.1) is 0 Å². The maximum Gasteiger partial charge on any atom is 0.341 e. The van der Waals surface area contributed by atoms with Gasteiger partial charge in [-0.3, -0.25) is 4.79 Å². The molecule has 3 aromatic rings. The van der Waals surface area contributed by atoms with Crippen molar-refractivity contribution in [1.29, 1.82) is 0 Å². The number of benzene rings is 3. The zero-order valence-corrected chi connectivity index (χ0v) is 20.1. The first-order valence-corrected chi connectivity index (χ1v) is 11.5. The molecular formula is C27H25ClN2O5. The van der Waals surface area contributed by atoms with Crippen LogP contribution in [-0.2, 0) is 16.1 Å². The molecule has 7 nitrogen and oxygen atoms in total. The minimum Gasteiger partial charge on any atom is -0.493 e. The SMILES string of the molecule is CCOC(=O)C1C(c2ccccc2)=NC(=O)NC1c1cc(OC)c(OCc2ccccc2)cc1Cl. The third-order valence-electron chi connectivity index (χ3n) is 5.59. The maximum absolute atomic E-state index is 13.1. The van der Waals surface area contributed by atoms with E-state index >= 15 is 0 Å². The summed E-state index contributed by atoms with van der Waals surface area (Å²) in [6.45, 7) is 2.23. The molecule has 1 N–H and O–H groups in total. The highest BCUT2D eigenvalue weighted by Crippen LogP contribution is 2.40. The maximum atomic E-state index is 13.1. The second-order valence-electron chi connectivity index (χ2n) is 7.82. The number of hydrogen-bond donors (Lipinski definition) is 1. The minimum absolute atomic E-state index is 0.182. The number of esters is 1. The zero-order chi connectivity index (χ0) is 24.8. The summed E-state index contributed by atoms with van der Waals surface area (Å²) in [5.41, 5.74) is 2.44. The third kappa shape index (κ3) is 5.46. The first-order valence-electron chi connectivity index (χ1n) is 11.2. The van der Waals surface area contributed by atoms with Gasteiger partial charge in [-0.2, -0.15) is 4.99 Å². The van der Waals surface area contributed by atoms with Gasteiger partial charge in [0.15, 0.2) is 11.5 Å². The van der Waals surface area contributed by atoms with E-state index in [0.29, 0.717) is 40.0 Å². The third-order valence-corrected chi connectivity index (χ3v) is 5.92. The lowest BCUT2D eigenvalue weighted by Gasteiger charge is -2.32. The van der Waals surface area contributed by atoms with Gasteiger partial charge in [0.25, 0.3) is 0 Å². The van der Waals surface area contributed by atoms with Crippen LogP contribution in [0.3, 0.4) is 0 Å². The minimum atomic E-state index is -0.909. The number of halogens is 1. The molecule has 1 aliphatic rings. The fourth-order valence-electron chi connectivity index (χ4n) is 3.97. The first kappa shape index (κ1) is 24.3. The van der Waals surface area contributed by atoms with Crippen LogP contribution in [0.15, 0.2) is 77.8 Å². The Morgan fingerprint density at radius 3 is 2.37 bits per heavy atom. The highest BCUT2D eigenvalue weighted by molar-refractivity contribution is 6.32. The summed E-state index contributed by atoms with van der Waals surface area (Å²) in [7, 11) is 1.52. The van der Waals surface area contributed by atoms with Crippen molar-refractivity contribution < 1.29 is 23.8 Å². The lowest BCUT2D eigenvalue weighted by atomic mass is 9.84. The summed E-state index contributed by atoms with van der Waals surface area (Å²) in [6.07, 6.45) is 0. The van der Waals surface area contributed by atoms with Gasteiger partial charge in [0, 0.05) is 11.1 Å². The van der Waals surface area contributed by atoms with Crippen LogP contribution in [0.1, 0.15) is 29.7 Å². The Morgan fingerprint density at radius 2 is 1.71 bits per heavy atom. The van der Waals surface area contributed by atoms with Crippen LogP contribution in [-0.4, -0.2) is 31.4 Å². The molecule has 8 heteroatoms. The van der Waals surface area contributed by atoms with Crippen LogP contribution in [0.5, 0.6) is 11.5 Å². The van der Waals surface area contributed by atoms with Crippen molar-refractivity contribution in [1.82, 2.24) is 5.32 Å². The van der Waals surface area contributed by atoms with E-state index in [-0.39, 0.29) is 6.61 Å². The van der Waals surface area contributed by atoms with Gasteiger partial charge in [-0.1, -0.05) is 72.3 Å². The van der Waals surface area contributed by atoms with Gasteiger partial charge in [-0.25, -0.2) is 4.79 Å². The summed E-state index contributed by atoms with van der Waals surface area (Å²) < 4.78 is 16.9. The average molecular weight is 493 g/mol. The van der Waals surface area contributed by atoms with Crippen molar-refractivity contribution in [3.8, 4) is 11.5 Å². The van der Waals surface area contributed by atoms with Crippen molar-refractivity contribution in [3.63, 3.8) is 0 Å². The average Bonchev–Trinajstić information content (AvgIpc) is 2.88. The number of nitrogens with zero attached hydrogens (tertiary/aromatic N) is 1. The van der Waals surface area contributed by atoms with E-state index in [2.05, 4.69) is 10.3 Å². The van der Waals surface area contributed by atoms with Crippen molar-refractivity contribution in [2.75, 3.05) is 13.7 Å². The number of ether oxygens (including phenoxy) is 3. The van der Waals surface area contributed by atoms with E-state index in [4.69, 9.17) is 25.8 Å². The molecule has 1 heterocycles. The Balaban J connectivity index is 1.72. The van der Waals surface area contributed by atoms with Gasteiger partial charge in [0.2, 0.25) is 0 Å². The quantitative estimate of drug-likeness (QED) is 0.428. The molecule has 0 bridgehead atoms. The normalized spacial score (nSPS) is 17.2. The molecule has 0 fully saturated rings. The lowest BCUT2D eigenvalue weighted by Crippen LogP contribution is -2.45. The largest absolute Gasteiger partial charge is 0.493 e. The van der Waals surface area contributed by atoms with Crippen LogP contribution in [0.4, 0.5) is 4.79 Å². The Kier molecular flexibility index (Phi) is 7.67. The number of methoxy groups -OCH3 is 1. The number of nitrogens with one attached hydrogen (secondary N) is 1. The van der Waals surface area contributed by atoms with E-state index in [0.717, 1.165) is 5.56 Å². The number of rotatable bonds is 8. The molecule has 2 atom stereocenters. The molecule has 35 heavy (non-hydrogen) atoms. The summed E-state index contributed by atoms with van der Waals surface area (Å²) in [5.74, 6) is -0.564. The highest BCUT2D eigenvalue weighted by Gasteiger charge is 2.41. The summed E-state index contributed by atoms with van der Waals surface area (Å²) in [4.78, 5) is 29.8. The van der Waals surface area contributed by atoms with E-state index in [1.54, 1.807) is 31.2 Å². The van der Waals surface area contributed by atoms with Crippen LogP contribution >= 0.6 is 11.6 Å². The molecule has 1 aliphatic heterocycles. The smallest absolute Gasteiger partial charge is 0.341 e. The van der Waals surface area contributed by atoms with Crippen molar-refractivity contribution in [2.24, 2.45) is 10.9 Å². The van der Waals surface area contributed by atoms with Crippen molar-refractivity contribution >= 4 is 29.3 Å². The van der Waals surface area contributed by atoms with E-state index in [1.807, 2.05) is 48.5 Å². The van der Waals surface area contributed by atoms with Gasteiger partial charge >= 0.3 is 12.0 Å². The van der Waals surface area contributed by atoms with E-state index < -0.39 is 24.0 Å². The standard InChI is InChI=1S/C27H25ClN2O5/c1-3-34-26(31)23-24(18-12-8-5-9-13-18)29-27(32)30-25(23)19-14-21(33-2)22(15-20(19)28)35-16-17-10-6-4-7-11-17/h4-15,23,25H,3,16H2,1-2H3,(H,30,32). The number of carbonyl (C=O) groups excluding carboxylic acids is 2. The number of aliphatic imine (C=N–C) groups is 1. The molecule has 0 saturated heterocycles. The molecule has 3 aromatic carbocycles. The second kappa shape index (κ2) is 11.1. The fraction of sp³-hybridized carbons (Fsp3) is 0.222. The van der Waals surface area contributed by atoms with Gasteiger partial charge in [0.1, 0.15) is 12.5 Å². The Hall–Kier alpha value is -3.84. The fourth-order valence-corrected chi connectivity index (χ4v) is 4.24. The highest BCUT2D eigenvalue weighted by atomic mass is 35.5. The predicted molar refractivity (Wildman–Crippen MR) is 133 cm³/mol. The monoisotopic (exact) mass is 492 g/mol. The molecular weight excluding hydrogens is 468 g/mol. The topological polar surface area (TPSA) is 86.2 Å². The predicted octanol–water partition coefficient (Wildman–Crippen LogP) is 5.36. The first-order chi connectivity index (χ1) is 17.0. The van der Waals surface area contributed by atoms with Crippen molar-refractivity contribution in [2.45, 2.75) is 19.6 Å². The Morgan fingerprint density at radius 1 is 1.03 bits per heavy atom. The van der Waals surface area contributed by atoms with E-state index in [1.165, 1.54) is 7.11 Å². The second-order valence-corrected chi connectivity index (χ2v) is 8.23. The number of amides is 2. The summed E-state index contributed by atoms with van der Waals surface area (Å²) in [5, 5.41) is 3.09. The summed E-state index contributed by atoms with van der Waals surface area (Å²) in [6, 6.07) is 20.7. The number of carbonyl (C=O) groups is 2. The molecule has 0 aliphatic carbocycles. The molecule has 0 aromatic heterocycles. The molecule has 2 amide bonds. The summed E-state index contributed by atoms with van der Waals surface area (Å²) >= 11 is 6.68. The van der Waals surface area contributed by atoms with Crippen LogP contribution in [0.2, 0.25) is 5.02 Å². The van der Waals surface area contributed by atoms with Gasteiger partial charge in [0.05, 0.1) is 25.5 Å². The zero-order valence-electron chi connectivity index (χ0n) is 19.4. The molecule has 2 unspecified atom stereocenters. The number of hydrogen-bond acceptors (Lipinski definition) is 5. The molecule has 4 rings (SSSR count). The van der Waals surface area contributed by atoms with Gasteiger partial charge < -0.3 is 19.5 Å². The molecule has 0 saturated carbocycles. The van der Waals surface area contributed by atoms with Crippen LogP contribution in [0.25, 0.3) is 0 Å². The lowest BCUT2D eigenvalue weighted by molar-refractivity contribution is -0.146. The Labute approximate surface area is 208 Å².